The molecule has 0 radical (unpaired) electrons. The largest absolute Gasteiger partial charge is 0.383 e. The lowest BCUT2D eigenvalue weighted by Crippen LogP contribution is -2.40. The van der Waals surface area contributed by atoms with E-state index in [4.69, 9.17) is 22.1 Å². The third-order valence-corrected chi connectivity index (χ3v) is 4.50. The molecule has 1 aliphatic rings. The van der Waals surface area contributed by atoms with E-state index in [1.165, 1.54) is 4.68 Å². The van der Waals surface area contributed by atoms with Crippen molar-refractivity contribution in [2.45, 2.75) is 44.3 Å². The minimum absolute atomic E-state index is 0.221. The van der Waals surface area contributed by atoms with Gasteiger partial charge in [0.1, 0.15) is 5.02 Å². The maximum absolute atomic E-state index is 12.2. The number of nitrogens with zero attached hydrogens (tertiary/aromatic N) is 3. The zero-order valence-corrected chi connectivity index (χ0v) is 13.3. The van der Waals surface area contributed by atoms with E-state index in [1.54, 1.807) is 13.3 Å². The molecule has 0 bridgehead atoms. The summed E-state index contributed by atoms with van der Waals surface area (Å²) in [6, 6.07) is 0.656. The van der Waals surface area contributed by atoms with Crippen molar-refractivity contribution in [3.63, 3.8) is 0 Å². The molecule has 2 N–H and O–H groups in total. The Balaban J connectivity index is 2.16. The van der Waals surface area contributed by atoms with E-state index < -0.39 is 0 Å². The van der Waals surface area contributed by atoms with E-state index in [-0.39, 0.29) is 10.6 Å². The van der Waals surface area contributed by atoms with E-state index in [0.717, 1.165) is 25.7 Å². The molecular formula is C14H23ClN4O2. The monoisotopic (exact) mass is 314 g/mol. The molecule has 1 aromatic heterocycles. The van der Waals surface area contributed by atoms with Crippen molar-refractivity contribution < 1.29 is 4.74 Å². The van der Waals surface area contributed by atoms with Crippen LogP contribution in [0.5, 0.6) is 0 Å². The molecule has 118 valence electrons. The molecule has 0 atom stereocenters. The smallest absolute Gasteiger partial charge is 0.287 e. The van der Waals surface area contributed by atoms with Crippen molar-refractivity contribution in [1.82, 2.24) is 9.78 Å². The first kappa shape index (κ1) is 16.3. The van der Waals surface area contributed by atoms with Crippen LogP contribution in [0.15, 0.2) is 11.0 Å². The summed E-state index contributed by atoms with van der Waals surface area (Å²) < 4.78 is 6.29. The fraction of sp³-hybridized carbons (Fsp3) is 0.714. The van der Waals surface area contributed by atoms with Crippen molar-refractivity contribution in [1.29, 1.82) is 0 Å². The lowest BCUT2D eigenvalue weighted by Gasteiger charge is -2.35. The quantitative estimate of drug-likeness (QED) is 0.885. The zero-order chi connectivity index (χ0) is 15.4. The predicted octanol–water partition coefficient (Wildman–Crippen LogP) is 1.25. The van der Waals surface area contributed by atoms with Gasteiger partial charge in [0.25, 0.3) is 5.56 Å². The second kappa shape index (κ2) is 7.24. The Hall–Kier alpha value is -1.11. The average molecular weight is 315 g/mol. The van der Waals surface area contributed by atoms with Gasteiger partial charge in [-0.2, -0.15) is 5.10 Å². The van der Waals surface area contributed by atoms with Crippen molar-refractivity contribution in [3.8, 4) is 0 Å². The molecule has 1 heterocycles. The SMILES string of the molecule is COCCn1ncc(N(C)C2CCC(N)CC2)c(Cl)c1=O. The Labute approximate surface area is 129 Å². The number of halogens is 1. The van der Waals surface area contributed by atoms with Gasteiger partial charge in [0.2, 0.25) is 0 Å². The molecule has 0 amide bonds. The van der Waals surface area contributed by atoms with Gasteiger partial charge in [0.05, 0.1) is 25.0 Å². The highest BCUT2D eigenvalue weighted by molar-refractivity contribution is 6.33. The van der Waals surface area contributed by atoms with Crippen LogP contribution in [-0.2, 0) is 11.3 Å². The standard InChI is InChI=1S/C14H23ClN4O2/c1-18(11-5-3-10(16)4-6-11)12-9-17-19(7-8-21-2)14(20)13(12)15/h9-11H,3-8,16H2,1-2H3. The molecule has 0 aliphatic heterocycles. The molecule has 0 aromatic carbocycles. The molecule has 21 heavy (non-hydrogen) atoms. The summed E-state index contributed by atoms with van der Waals surface area (Å²) in [5.74, 6) is 0. The summed E-state index contributed by atoms with van der Waals surface area (Å²) in [6.07, 6.45) is 5.70. The highest BCUT2D eigenvalue weighted by atomic mass is 35.5. The van der Waals surface area contributed by atoms with Crippen LogP contribution in [0, 0.1) is 0 Å². The minimum atomic E-state index is -0.273. The van der Waals surface area contributed by atoms with Crippen LogP contribution in [0.4, 0.5) is 5.69 Å². The van der Waals surface area contributed by atoms with Crippen LogP contribution in [-0.4, -0.2) is 42.6 Å². The lowest BCUT2D eigenvalue weighted by molar-refractivity contribution is 0.182. The second-order valence-corrected chi connectivity index (χ2v) is 5.92. The van der Waals surface area contributed by atoms with Crippen LogP contribution in [0.2, 0.25) is 5.02 Å². The van der Waals surface area contributed by atoms with E-state index >= 15 is 0 Å². The first-order valence-electron chi connectivity index (χ1n) is 7.27. The normalized spacial score (nSPS) is 22.3. The Morgan fingerprint density at radius 3 is 2.76 bits per heavy atom. The van der Waals surface area contributed by atoms with Crippen LogP contribution < -0.4 is 16.2 Å². The second-order valence-electron chi connectivity index (χ2n) is 5.54. The number of hydrogen-bond donors (Lipinski definition) is 1. The summed E-state index contributed by atoms with van der Waals surface area (Å²) in [4.78, 5) is 14.3. The Kier molecular flexibility index (Phi) is 5.61. The van der Waals surface area contributed by atoms with Crippen molar-refractivity contribution >= 4 is 17.3 Å². The number of anilines is 1. The summed E-state index contributed by atoms with van der Waals surface area (Å²) in [7, 11) is 3.55. The van der Waals surface area contributed by atoms with Gasteiger partial charge in [-0.1, -0.05) is 11.6 Å². The number of hydrogen-bond acceptors (Lipinski definition) is 5. The van der Waals surface area contributed by atoms with E-state index in [1.807, 2.05) is 7.05 Å². The molecule has 0 saturated heterocycles. The van der Waals surface area contributed by atoms with E-state index in [2.05, 4.69) is 10.00 Å². The molecule has 1 aromatic rings. The summed E-state index contributed by atoms with van der Waals surface area (Å²) in [6.45, 7) is 0.830. The van der Waals surface area contributed by atoms with Crippen molar-refractivity contribution in [3.05, 3.63) is 21.6 Å². The van der Waals surface area contributed by atoms with E-state index in [0.29, 0.717) is 30.9 Å². The zero-order valence-electron chi connectivity index (χ0n) is 12.6. The van der Waals surface area contributed by atoms with Gasteiger partial charge >= 0.3 is 0 Å². The fourth-order valence-corrected chi connectivity index (χ4v) is 3.00. The molecule has 1 fully saturated rings. The molecule has 6 nitrogen and oxygen atoms in total. The topological polar surface area (TPSA) is 73.4 Å². The van der Waals surface area contributed by atoms with Crippen LogP contribution >= 0.6 is 11.6 Å². The number of rotatable bonds is 5. The van der Waals surface area contributed by atoms with Gasteiger partial charge in [-0.05, 0) is 25.7 Å². The highest BCUT2D eigenvalue weighted by Gasteiger charge is 2.24. The van der Waals surface area contributed by atoms with Crippen LogP contribution in [0.1, 0.15) is 25.7 Å². The number of aromatic nitrogens is 2. The molecule has 2 rings (SSSR count). The third kappa shape index (κ3) is 3.75. The maximum Gasteiger partial charge on any atom is 0.287 e. The van der Waals surface area contributed by atoms with Gasteiger partial charge < -0.3 is 15.4 Å². The molecule has 0 unspecified atom stereocenters. The average Bonchev–Trinajstić information content (AvgIpc) is 2.49. The van der Waals surface area contributed by atoms with Crippen molar-refractivity contribution in [2.75, 3.05) is 25.7 Å². The highest BCUT2D eigenvalue weighted by Crippen LogP contribution is 2.28. The summed E-state index contributed by atoms with van der Waals surface area (Å²) in [5, 5.41) is 4.40. The number of methoxy groups -OCH3 is 1. The molecule has 1 saturated carbocycles. The summed E-state index contributed by atoms with van der Waals surface area (Å²) in [5.41, 5.74) is 6.35. The molecule has 0 spiro atoms. The predicted molar refractivity (Wildman–Crippen MR) is 84.0 cm³/mol. The Morgan fingerprint density at radius 2 is 2.14 bits per heavy atom. The molecule has 7 heteroatoms. The lowest BCUT2D eigenvalue weighted by atomic mass is 9.91. The Bertz CT molecular complexity index is 526. The first-order chi connectivity index (χ1) is 10.0. The summed E-state index contributed by atoms with van der Waals surface area (Å²) >= 11 is 6.24. The maximum atomic E-state index is 12.2. The van der Waals surface area contributed by atoms with Gasteiger partial charge in [-0.15, -0.1) is 0 Å². The third-order valence-electron chi connectivity index (χ3n) is 4.14. The van der Waals surface area contributed by atoms with Crippen molar-refractivity contribution in [2.24, 2.45) is 5.73 Å². The minimum Gasteiger partial charge on any atom is -0.383 e. The van der Waals surface area contributed by atoms with Gasteiger partial charge in [0.15, 0.2) is 0 Å². The first-order valence-corrected chi connectivity index (χ1v) is 7.65. The van der Waals surface area contributed by atoms with Gasteiger partial charge in [-0.25, -0.2) is 4.68 Å². The fourth-order valence-electron chi connectivity index (χ4n) is 2.72. The van der Waals surface area contributed by atoms with E-state index in [9.17, 15) is 4.79 Å². The Morgan fingerprint density at radius 1 is 1.48 bits per heavy atom. The molecule has 1 aliphatic carbocycles. The van der Waals surface area contributed by atoms with Crippen LogP contribution in [0.25, 0.3) is 0 Å². The molecular weight excluding hydrogens is 292 g/mol. The number of nitrogens with two attached hydrogens (primary N) is 1. The van der Waals surface area contributed by atoms with Gasteiger partial charge in [-0.3, -0.25) is 4.79 Å². The number of ether oxygens (including phenoxy) is 1. The van der Waals surface area contributed by atoms with Gasteiger partial charge in [0, 0.05) is 26.2 Å². The van der Waals surface area contributed by atoms with Crippen LogP contribution in [0.3, 0.4) is 0 Å².